The van der Waals surface area contributed by atoms with Crippen LogP contribution in [-0.2, 0) is 16.6 Å². The van der Waals surface area contributed by atoms with Gasteiger partial charge in [-0.05, 0) is 39.0 Å². The zero-order valence-electron chi connectivity index (χ0n) is 13.0. The van der Waals surface area contributed by atoms with Crippen LogP contribution in [0.2, 0.25) is 0 Å². The van der Waals surface area contributed by atoms with Gasteiger partial charge in [-0.1, -0.05) is 6.92 Å². The number of hydrogen-bond donors (Lipinski definition) is 0. The molecule has 0 aromatic carbocycles. The molecule has 1 fully saturated rings. The van der Waals surface area contributed by atoms with E-state index < -0.39 is 10.0 Å². The normalized spacial score (nSPS) is 20.9. The molecule has 0 radical (unpaired) electrons. The van der Waals surface area contributed by atoms with E-state index in [1.54, 1.807) is 15.9 Å². The fourth-order valence-electron chi connectivity index (χ4n) is 2.97. The Kier molecular flexibility index (Phi) is 5.33. The third kappa shape index (κ3) is 3.43. The first-order valence-corrected chi connectivity index (χ1v) is 9.45. The number of halogens is 1. The van der Waals surface area contributed by atoms with Gasteiger partial charge in [-0.3, -0.25) is 4.68 Å². The highest BCUT2D eigenvalue weighted by molar-refractivity contribution is 7.89. The number of aryl methyl sites for hydroxylation is 2. The van der Waals surface area contributed by atoms with Crippen LogP contribution in [0.5, 0.6) is 0 Å². The zero-order valence-corrected chi connectivity index (χ0v) is 14.5. The molecule has 1 atom stereocenters. The van der Waals surface area contributed by atoms with Gasteiger partial charge in [0.2, 0.25) is 10.0 Å². The maximum Gasteiger partial charge on any atom is 0.246 e. The summed E-state index contributed by atoms with van der Waals surface area (Å²) < 4.78 is 29.2. The first-order chi connectivity index (χ1) is 9.87. The van der Waals surface area contributed by atoms with Crippen LogP contribution in [0.1, 0.15) is 37.6 Å². The topological polar surface area (TPSA) is 55.2 Å². The summed E-state index contributed by atoms with van der Waals surface area (Å²) in [5.41, 5.74) is 1.30. The minimum absolute atomic E-state index is 0.381. The van der Waals surface area contributed by atoms with Gasteiger partial charge < -0.3 is 0 Å². The fourth-order valence-corrected chi connectivity index (χ4v) is 5.07. The van der Waals surface area contributed by atoms with Crippen molar-refractivity contribution in [2.45, 2.75) is 51.5 Å². The van der Waals surface area contributed by atoms with Crippen molar-refractivity contribution in [3.63, 3.8) is 0 Å². The van der Waals surface area contributed by atoms with Crippen LogP contribution in [0, 0.1) is 19.8 Å². The molecule has 2 rings (SSSR count). The SMILES string of the molecule is Cc1nn(CCCCl)c(C)c1S(=O)(=O)N1CCCC(C)C1. The second kappa shape index (κ2) is 6.67. The smallest absolute Gasteiger partial charge is 0.246 e. The molecule has 1 aromatic heterocycles. The van der Waals surface area contributed by atoms with E-state index in [9.17, 15) is 8.42 Å². The largest absolute Gasteiger partial charge is 0.268 e. The van der Waals surface area contributed by atoms with E-state index >= 15 is 0 Å². The summed E-state index contributed by atoms with van der Waals surface area (Å²) in [5.74, 6) is 0.963. The number of sulfonamides is 1. The Bertz CT molecular complexity index is 598. The average molecular weight is 334 g/mol. The molecule has 1 unspecified atom stereocenters. The minimum atomic E-state index is -3.44. The second-order valence-corrected chi connectivity index (χ2v) is 8.13. The van der Waals surface area contributed by atoms with Crippen LogP contribution < -0.4 is 0 Å². The monoisotopic (exact) mass is 333 g/mol. The van der Waals surface area contributed by atoms with E-state index in [0.29, 0.717) is 42.0 Å². The highest BCUT2D eigenvalue weighted by Gasteiger charge is 2.33. The molecule has 1 aliphatic rings. The number of aromatic nitrogens is 2. The van der Waals surface area contributed by atoms with E-state index in [-0.39, 0.29) is 0 Å². The Balaban J connectivity index is 2.33. The summed E-state index contributed by atoms with van der Waals surface area (Å²) in [5, 5.41) is 4.38. The molecule has 5 nitrogen and oxygen atoms in total. The fraction of sp³-hybridized carbons (Fsp3) is 0.786. The van der Waals surface area contributed by atoms with Gasteiger partial charge in [-0.2, -0.15) is 9.40 Å². The van der Waals surface area contributed by atoms with Crippen molar-refractivity contribution < 1.29 is 8.42 Å². The van der Waals surface area contributed by atoms with Gasteiger partial charge in [0.25, 0.3) is 0 Å². The molecule has 21 heavy (non-hydrogen) atoms. The summed E-state index contributed by atoms with van der Waals surface area (Å²) in [7, 11) is -3.44. The number of hydrogen-bond acceptors (Lipinski definition) is 3. The van der Waals surface area contributed by atoms with Crippen LogP contribution in [0.25, 0.3) is 0 Å². The van der Waals surface area contributed by atoms with Gasteiger partial charge in [0.1, 0.15) is 4.90 Å². The van der Waals surface area contributed by atoms with E-state index in [0.717, 1.165) is 25.0 Å². The molecule has 7 heteroatoms. The minimum Gasteiger partial charge on any atom is -0.268 e. The summed E-state index contributed by atoms with van der Waals surface area (Å²) in [6.07, 6.45) is 2.81. The van der Waals surface area contributed by atoms with E-state index in [4.69, 9.17) is 11.6 Å². The van der Waals surface area contributed by atoms with Gasteiger partial charge in [-0.15, -0.1) is 11.6 Å². The van der Waals surface area contributed by atoms with E-state index in [1.165, 1.54) is 0 Å². The highest BCUT2D eigenvalue weighted by Crippen LogP contribution is 2.27. The molecule has 120 valence electrons. The van der Waals surface area contributed by atoms with Gasteiger partial charge in [0.05, 0.1) is 11.4 Å². The number of nitrogens with zero attached hydrogens (tertiary/aromatic N) is 3. The lowest BCUT2D eigenvalue weighted by Gasteiger charge is -2.30. The summed E-state index contributed by atoms with van der Waals surface area (Å²) in [6.45, 7) is 7.57. The Morgan fingerprint density at radius 1 is 1.38 bits per heavy atom. The van der Waals surface area contributed by atoms with Gasteiger partial charge in [0.15, 0.2) is 0 Å². The lowest BCUT2D eigenvalue weighted by molar-refractivity contribution is 0.281. The Hall–Kier alpha value is -0.590. The van der Waals surface area contributed by atoms with Crippen molar-refractivity contribution in [2.24, 2.45) is 5.92 Å². The maximum absolute atomic E-state index is 12.9. The third-order valence-electron chi connectivity index (χ3n) is 4.04. The molecular weight excluding hydrogens is 310 g/mol. The van der Waals surface area contributed by atoms with Crippen molar-refractivity contribution in [1.82, 2.24) is 14.1 Å². The standard InChI is InChI=1S/C14H24ClN3O2S/c1-11-6-4-8-17(10-11)21(19,20)14-12(2)16-18(13(14)3)9-5-7-15/h11H,4-10H2,1-3H3. The summed E-state index contributed by atoms with van der Waals surface area (Å²) in [4.78, 5) is 0.381. The van der Waals surface area contributed by atoms with Crippen molar-refractivity contribution in [2.75, 3.05) is 19.0 Å². The van der Waals surface area contributed by atoms with Crippen molar-refractivity contribution in [3.05, 3.63) is 11.4 Å². The van der Waals surface area contributed by atoms with E-state index in [1.807, 2.05) is 6.92 Å². The molecule has 1 saturated heterocycles. The molecule has 0 bridgehead atoms. The molecule has 1 aromatic rings. The molecule has 0 spiro atoms. The Morgan fingerprint density at radius 3 is 2.71 bits per heavy atom. The quantitative estimate of drug-likeness (QED) is 0.778. The number of rotatable bonds is 5. The van der Waals surface area contributed by atoms with Crippen molar-refractivity contribution >= 4 is 21.6 Å². The van der Waals surface area contributed by atoms with Crippen LogP contribution in [-0.4, -0.2) is 41.5 Å². The molecular formula is C14H24ClN3O2S. The number of alkyl halides is 1. The lowest BCUT2D eigenvalue weighted by atomic mass is 10.0. The lowest BCUT2D eigenvalue weighted by Crippen LogP contribution is -2.39. The third-order valence-corrected chi connectivity index (χ3v) is 6.42. The van der Waals surface area contributed by atoms with Crippen molar-refractivity contribution in [1.29, 1.82) is 0 Å². The van der Waals surface area contributed by atoms with Gasteiger partial charge >= 0.3 is 0 Å². The number of piperidine rings is 1. The maximum atomic E-state index is 12.9. The highest BCUT2D eigenvalue weighted by atomic mass is 35.5. The Morgan fingerprint density at radius 2 is 2.10 bits per heavy atom. The van der Waals surface area contributed by atoms with Crippen molar-refractivity contribution in [3.8, 4) is 0 Å². The van der Waals surface area contributed by atoms with Gasteiger partial charge in [0, 0.05) is 25.5 Å². The van der Waals surface area contributed by atoms with Gasteiger partial charge in [-0.25, -0.2) is 8.42 Å². The molecule has 2 heterocycles. The zero-order chi connectivity index (χ0) is 15.6. The molecule has 0 saturated carbocycles. The predicted molar refractivity (Wildman–Crippen MR) is 84.2 cm³/mol. The first-order valence-electron chi connectivity index (χ1n) is 7.48. The Labute approximate surface area is 132 Å². The van der Waals surface area contributed by atoms with Crippen LogP contribution in [0.4, 0.5) is 0 Å². The molecule has 0 amide bonds. The van der Waals surface area contributed by atoms with Crippen LogP contribution in [0.3, 0.4) is 0 Å². The average Bonchev–Trinajstić information content (AvgIpc) is 2.71. The second-order valence-electron chi connectivity index (χ2n) is 5.88. The van der Waals surface area contributed by atoms with Crippen LogP contribution >= 0.6 is 11.6 Å². The molecule has 0 aliphatic carbocycles. The molecule has 1 aliphatic heterocycles. The predicted octanol–water partition coefficient (Wildman–Crippen LogP) is 2.55. The molecule has 0 N–H and O–H groups in total. The summed E-state index contributed by atoms with van der Waals surface area (Å²) in [6, 6.07) is 0. The van der Waals surface area contributed by atoms with Crippen LogP contribution in [0.15, 0.2) is 4.90 Å². The van der Waals surface area contributed by atoms with E-state index in [2.05, 4.69) is 12.0 Å². The summed E-state index contributed by atoms with van der Waals surface area (Å²) >= 11 is 5.71. The first kappa shape index (κ1) is 16.8.